The van der Waals surface area contributed by atoms with Gasteiger partial charge in [-0.1, -0.05) is 13.8 Å². The van der Waals surface area contributed by atoms with Gasteiger partial charge in [-0.05, 0) is 26.7 Å². The normalized spacial score (nSPS) is 21.7. The van der Waals surface area contributed by atoms with Crippen LogP contribution in [0.5, 0.6) is 0 Å². The molecule has 2 aliphatic heterocycles. The molecule has 2 rings (SSSR count). The fraction of sp³-hybridized carbons (Fsp3) is 0.875. The van der Waals surface area contributed by atoms with Gasteiger partial charge in [0.25, 0.3) is 0 Å². The van der Waals surface area contributed by atoms with Gasteiger partial charge < -0.3 is 9.80 Å². The van der Waals surface area contributed by atoms with Crippen LogP contribution in [0.2, 0.25) is 0 Å². The number of thioether (sulfide) groups is 1. The molecule has 0 radical (unpaired) electrons. The topological polar surface area (TPSA) is 40.6 Å². The maximum absolute atomic E-state index is 12.5. The molecule has 4 nitrogen and oxygen atoms in total. The Morgan fingerprint density at radius 2 is 1.82 bits per heavy atom. The van der Waals surface area contributed by atoms with Crippen LogP contribution in [0.4, 0.5) is 0 Å². The highest BCUT2D eigenvalue weighted by atomic mass is 35.5. The molecule has 126 valence electrons. The zero-order valence-corrected chi connectivity index (χ0v) is 15.6. The lowest BCUT2D eigenvalue weighted by atomic mass is 9.92. The Bertz CT molecular complexity index is 445. The van der Waals surface area contributed by atoms with Crippen LogP contribution in [0.25, 0.3) is 0 Å². The molecule has 0 atom stereocenters. The predicted octanol–water partition coefficient (Wildman–Crippen LogP) is 2.80. The van der Waals surface area contributed by atoms with Gasteiger partial charge in [0.1, 0.15) is 0 Å². The summed E-state index contributed by atoms with van der Waals surface area (Å²) in [7, 11) is 0. The van der Waals surface area contributed by atoms with Crippen LogP contribution in [0.1, 0.15) is 40.5 Å². The summed E-state index contributed by atoms with van der Waals surface area (Å²) in [5.41, 5.74) is -0.512. The molecule has 0 aliphatic carbocycles. The molecule has 0 aromatic rings. The Morgan fingerprint density at radius 3 is 2.32 bits per heavy atom. The van der Waals surface area contributed by atoms with Crippen molar-refractivity contribution in [2.75, 3.05) is 31.3 Å². The molecular formula is C16H27ClN2O2S. The lowest BCUT2D eigenvalue weighted by Gasteiger charge is -2.45. The molecule has 2 amide bonds. The third-order valence-corrected chi connectivity index (χ3v) is 6.90. The number of likely N-dealkylation sites (tertiary alicyclic amines) is 1. The minimum absolute atomic E-state index is 0.0328. The molecule has 6 heteroatoms. The average molecular weight is 347 g/mol. The molecule has 2 aliphatic rings. The van der Waals surface area contributed by atoms with E-state index in [4.69, 9.17) is 11.6 Å². The number of carbonyl (C=O) groups excluding carboxylic acids is 2. The van der Waals surface area contributed by atoms with Gasteiger partial charge in [0.2, 0.25) is 11.8 Å². The Labute approximate surface area is 142 Å². The van der Waals surface area contributed by atoms with Crippen LogP contribution < -0.4 is 0 Å². The van der Waals surface area contributed by atoms with Crippen molar-refractivity contribution in [3.05, 3.63) is 0 Å². The van der Waals surface area contributed by atoms with Crippen LogP contribution in [-0.4, -0.2) is 57.8 Å². The van der Waals surface area contributed by atoms with Crippen LogP contribution in [0, 0.1) is 11.3 Å². The van der Waals surface area contributed by atoms with E-state index >= 15 is 0 Å². The fourth-order valence-corrected chi connectivity index (χ4v) is 4.77. The first-order valence-electron chi connectivity index (χ1n) is 8.04. The lowest BCUT2D eigenvalue weighted by molar-refractivity contribution is -0.143. The molecule has 2 saturated heterocycles. The number of halogens is 1. The second-order valence-corrected chi connectivity index (χ2v) is 8.97. The van der Waals surface area contributed by atoms with E-state index in [0.29, 0.717) is 19.0 Å². The number of hydrogen-bond acceptors (Lipinski definition) is 3. The first-order valence-corrected chi connectivity index (χ1v) is 9.56. The highest BCUT2D eigenvalue weighted by Crippen LogP contribution is 2.44. The van der Waals surface area contributed by atoms with Gasteiger partial charge in [-0.25, -0.2) is 0 Å². The summed E-state index contributed by atoms with van der Waals surface area (Å²) in [6.07, 6.45) is 1.72. The summed E-state index contributed by atoms with van der Waals surface area (Å²) in [6.45, 7) is 9.98. The Balaban J connectivity index is 2.05. The van der Waals surface area contributed by atoms with E-state index in [9.17, 15) is 9.59 Å². The Morgan fingerprint density at radius 1 is 1.23 bits per heavy atom. The van der Waals surface area contributed by atoms with E-state index in [-0.39, 0.29) is 22.6 Å². The van der Waals surface area contributed by atoms with Crippen molar-refractivity contribution >= 4 is 35.2 Å². The number of rotatable bonds is 3. The van der Waals surface area contributed by atoms with Gasteiger partial charge in [0.15, 0.2) is 0 Å². The minimum atomic E-state index is -0.512. The van der Waals surface area contributed by atoms with Crippen molar-refractivity contribution in [1.82, 2.24) is 9.80 Å². The molecule has 2 fully saturated rings. The number of carbonyl (C=O) groups is 2. The monoisotopic (exact) mass is 346 g/mol. The third-order valence-electron chi connectivity index (χ3n) is 4.68. The maximum Gasteiger partial charge on any atom is 0.229 e. The van der Waals surface area contributed by atoms with E-state index in [2.05, 4.69) is 4.90 Å². The second-order valence-electron chi connectivity index (χ2n) is 7.25. The van der Waals surface area contributed by atoms with E-state index < -0.39 is 5.41 Å². The van der Waals surface area contributed by atoms with Crippen LogP contribution in [0.3, 0.4) is 0 Å². The molecule has 2 heterocycles. The highest BCUT2D eigenvalue weighted by Gasteiger charge is 2.48. The molecular weight excluding hydrogens is 320 g/mol. The predicted molar refractivity (Wildman–Crippen MR) is 92.1 cm³/mol. The number of hydrogen-bond donors (Lipinski definition) is 0. The Kier molecular flexibility index (Phi) is 5.38. The fourth-order valence-electron chi connectivity index (χ4n) is 3.19. The smallest absolute Gasteiger partial charge is 0.229 e. The molecule has 0 bridgehead atoms. The van der Waals surface area contributed by atoms with E-state index in [1.165, 1.54) is 0 Å². The summed E-state index contributed by atoms with van der Waals surface area (Å²) >= 11 is 7.81. The summed E-state index contributed by atoms with van der Waals surface area (Å²) < 4.78 is 0. The van der Waals surface area contributed by atoms with Gasteiger partial charge in [0.05, 0.1) is 10.3 Å². The first-order chi connectivity index (χ1) is 10.2. The highest BCUT2D eigenvalue weighted by molar-refractivity contribution is 8.00. The first kappa shape index (κ1) is 17.9. The van der Waals surface area contributed by atoms with Crippen molar-refractivity contribution in [3.63, 3.8) is 0 Å². The van der Waals surface area contributed by atoms with Crippen molar-refractivity contribution in [1.29, 1.82) is 0 Å². The zero-order valence-electron chi connectivity index (χ0n) is 14.0. The summed E-state index contributed by atoms with van der Waals surface area (Å²) in [4.78, 5) is 28.9. The van der Waals surface area contributed by atoms with Crippen molar-refractivity contribution in [2.24, 2.45) is 11.3 Å². The van der Waals surface area contributed by atoms with E-state index in [0.717, 1.165) is 25.1 Å². The second kappa shape index (κ2) is 6.60. The van der Waals surface area contributed by atoms with Crippen molar-refractivity contribution < 1.29 is 9.59 Å². The van der Waals surface area contributed by atoms with Crippen molar-refractivity contribution in [3.8, 4) is 0 Å². The zero-order chi connectivity index (χ0) is 16.5. The number of alkyl halides is 1. The standard InChI is InChI=1S/C16H27ClN2O2S/c1-12(2)13(20)19-9-10-22-16(19)5-7-18(8-6-16)14(21)15(3,4)11-17/h12H,5-11H2,1-4H3. The lowest BCUT2D eigenvalue weighted by Crippen LogP contribution is -2.56. The quantitative estimate of drug-likeness (QED) is 0.738. The average Bonchev–Trinajstić information content (AvgIpc) is 2.89. The van der Waals surface area contributed by atoms with Gasteiger partial charge in [0, 0.05) is 37.2 Å². The summed E-state index contributed by atoms with van der Waals surface area (Å²) in [5, 5.41) is 0. The van der Waals surface area contributed by atoms with E-state index in [1.807, 2.05) is 44.4 Å². The molecule has 0 unspecified atom stereocenters. The molecule has 0 aromatic heterocycles. The molecule has 1 spiro atoms. The molecule has 0 aromatic carbocycles. The van der Waals surface area contributed by atoms with Gasteiger partial charge in [-0.15, -0.1) is 23.4 Å². The van der Waals surface area contributed by atoms with Crippen LogP contribution in [-0.2, 0) is 9.59 Å². The Hall–Kier alpha value is -0.420. The molecule has 22 heavy (non-hydrogen) atoms. The van der Waals surface area contributed by atoms with Crippen molar-refractivity contribution in [2.45, 2.75) is 45.4 Å². The van der Waals surface area contributed by atoms with Gasteiger partial charge in [-0.3, -0.25) is 9.59 Å². The molecule has 0 N–H and O–H groups in total. The molecule has 0 saturated carbocycles. The summed E-state index contributed by atoms with van der Waals surface area (Å²) in [6, 6.07) is 0. The van der Waals surface area contributed by atoms with Gasteiger partial charge >= 0.3 is 0 Å². The number of nitrogens with zero attached hydrogens (tertiary/aromatic N) is 2. The largest absolute Gasteiger partial charge is 0.342 e. The number of amides is 2. The minimum Gasteiger partial charge on any atom is -0.342 e. The van der Waals surface area contributed by atoms with E-state index in [1.54, 1.807) is 0 Å². The van der Waals surface area contributed by atoms with Crippen LogP contribution in [0.15, 0.2) is 0 Å². The summed E-state index contributed by atoms with van der Waals surface area (Å²) in [5.74, 6) is 1.73. The van der Waals surface area contributed by atoms with Crippen LogP contribution >= 0.6 is 23.4 Å². The maximum atomic E-state index is 12.5. The van der Waals surface area contributed by atoms with Gasteiger partial charge in [-0.2, -0.15) is 0 Å². The SMILES string of the molecule is CC(C)C(=O)N1CCSC12CCN(C(=O)C(C)(C)CCl)CC2. The third kappa shape index (κ3) is 3.25. The number of piperidine rings is 1.